The fourth-order valence-electron chi connectivity index (χ4n) is 4.73. The molecule has 0 aliphatic carbocycles. The molecule has 0 aliphatic heterocycles. The fraction of sp³-hybridized carbons (Fsp3) is 0.0750. The van der Waals surface area contributed by atoms with E-state index in [1.54, 1.807) is 31.6 Å². The number of nitrogens with one attached hydrogen (secondary N) is 1. The number of aromatic nitrogens is 5. The number of anilines is 2. The van der Waals surface area contributed by atoms with Crippen molar-refractivity contribution in [2.75, 3.05) is 18.6 Å². The number of phenols is 1. The number of rotatable bonds is 7. The van der Waals surface area contributed by atoms with Crippen LogP contribution in [0.3, 0.4) is 0 Å². The third-order valence-corrected chi connectivity index (χ3v) is 7.34. The molecule has 0 radical (unpaired) electrons. The summed E-state index contributed by atoms with van der Waals surface area (Å²) in [4.78, 5) is 20.7. The van der Waals surface area contributed by atoms with Crippen LogP contribution in [0.25, 0.3) is 22.5 Å². The molecule has 0 amide bonds. The molecule has 7 rings (SSSR count). The van der Waals surface area contributed by atoms with Gasteiger partial charge in [-0.25, -0.2) is 24.9 Å². The summed E-state index contributed by atoms with van der Waals surface area (Å²) in [5.74, 6) is 1.96. The van der Waals surface area contributed by atoms with Crippen molar-refractivity contribution >= 4 is 24.0 Å². The number of halogens is 2. The SMILES string of the molecule is COc1ccc(-c2cnc(N)c(Cc3ccccc3)n2)cc1.Cl.Nc1ncc(-c2ccc(O)cc2)nc1Cc1ccccc1.[Cl-].c1cc[nH+]cc1. The van der Waals surface area contributed by atoms with Gasteiger partial charge in [-0.2, -0.15) is 0 Å². The predicted octanol–water partition coefficient (Wildman–Crippen LogP) is 4.27. The molecule has 4 aromatic carbocycles. The van der Waals surface area contributed by atoms with Crippen molar-refractivity contribution in [2.24, 2.45) is 0 Å². The molecule has 7 aromatic rings. The summed E-state index contributed by atoms with van der Waals surface area (Å²) in [6, 6.07) is 40.6. The molecule has 11 heteroatoms. The lowest BCUT2D eigenvalue weighted by Gasteiger charge is -2.08. The molecule has 0 unspecified atom stereocenters. The van der Waals surface area contributed by atoms with E-state index in [9.17, 15) is 5.11 Å². The van der Waals surface area contributed by atoms with Gasteiger partial charge in [0.25, 0.3) is 0 Å². The van der Waals surface area contributed by atoms with Gasteiger partial charge in [-0.05, 0) is 59.7 Å². The Morgan fingerprint density at radius 2 is 1.00 bits per heavy atom. The molecule has 260 valence electrons. The largest absolute Gasteiger partial charge is 1.00 e. The highest BCUT2D eigenvalue weighted by Gasteiger charge is 2.09. The fourth-order valence-corrected chi connectivity index (χ4v) is 4.73. The van der Waals surface area contributed by atoms with Gasteiger partial charge in [-0.3, -0.25) is 0 Å². The molecule has 3 aromatic heterocycles. The van der Waals surface area contributed by atoms with Crippen molar-refractivity contribution in [3.63, 3.8) is 0 Å². The Kier molecular flexibility index (Phi) is 15.8. The molecule has 51 heavy (non-hydrogen) atoms. The lowest BCUT2D eigenvalue weighted by Crippen LogP contribution is -3.00. The number of ether oxygens (including phenoxy) is 1. The maximum Gasteiger partial charge on any atom is 0.166 e. The highest BCUT2D eigenvalue weighted by atomic mass is 35.5. The Balaban J connectivity index is 0.000000229. The Bertz CT molecular complexity index is 2000. The number of nitrogens with zero attached hydrogens (tertiary/aromatic N) is 4. The number of nitrogens with two attached hydrogens (primary N) is 2. The molecule has 0 bridgehead atoms. The van der Waals surface area contributed by atoms with Crippen molar-refractivity contribution in [3.8, 4) is 34.0 Å². The average Bonchev–Trinajstić information content (AvgIpc) is 3.16. The van der Waals surface area contributed by atoms with Gasteiger partial charge in [-0.1, -0.05) is 66.7 Å². The average molecular weight is 721 g/mol. The number of hydrogen-bond donors (Lipinski definition) is 3. The van der Waals surface area contributed by atoms with E-state index < -0.39 is 0 Å². The summed E-state index contributed by atoms with van der Waals surface area (Å²) < 4.78 is 5.17. The Morgan fingerprint density at radius 3 is 1.37 bits per heavy atom. The number of nitrogen functional groups attached to an aromatic ring is 2. The van der Waals surface area contributed by atoms with Crippen LogP contribution in [0.4, 0.5) is 11.6 Å². The van der Waals surface area contributed by atoms with Crippen molar-refractivity contribution < 1.29 is 27.2 Å². The van der Waals surface area contributed by atoms with E-state index in [-0.39, 0.29) is 30.6 Å². The van der Waals surface area contributed by atoms with Crippen molar-refractivity contribution in [3.05, 3.63) is 175 Å². The first-order valence-electron chi connectivity index (χ1n) is 15.6. The maximum atomic E-state index is 9.34. The standard InChI is InChI=1S/C18H17N3O.C17H15N3O.C5H5N.2ClH/c1-22-15-9-7-14(8-10-15)17-12-20-18(19)16(21-17)11-13-5-3-2-4-6-13;18-17-15(10-12-4-2-1-3-5-12)20-16(11-19-17)13-6-8-14(21)9-7-13;1-2-4-6-5-3-1;;/h2-10,12H,11H2,1H3,(H2,19,20);1-9,11,21H,10H2,(H2,18,19);1-5H;2*1H. The molecule has 9 nitrogen and oxygen atoms in total. The van der Waals surface area contributed by atoms with Gasteiger partial charge < -0.3 is 33.7 Å². The zero-order chi connectivity index (χ0) is 34.3. The Morgan fingerprint density at radius 1 is 0.588 bits per heavy atom. The van der Waals surface area contributed by atoms with E-state index >= 15 is 0 Å². The quantitative estimate of drug-likeness (QED) is 0.221. The van der Waals surface area contributed by atoms with Crippen LogP contribution in [0.5, 0.6) is 11.5 Å². The summed E-state index contributed by atoms with van der Waals surface area (Å²) in [6.45, 7) is 0. The van der Waals surface area contributed by atoms with Gasteiger partial charge >= 0.3 is 0 Å². The van der Waals surface area contributed by atoms with Crippen LogP contribution in [0.15, 0.2) is 152 Å². The van der Waals surface area contributed by atoms with Crippen LogP contribution in [-0.4, -0.2) is 32.2 Å². The minimum Gasteiger partial charge on any atom is -1.00 e. The molecular weight excluding hydrogens is 681 g/mol. The molecule has 6 N–H and O–H groups in total. The van der Waals surface area contributed by atoms with Crippen LogP contribution < -0.4 is 33.6 Å². The number of pyridine rings is 1. The normalized spacial score (nSPS) is 9.75. The first kappa shape index (κ1) is 39.4. The molecule has 0 aliphatic rings. The summed E-state index contributed by atoms with van der Waals surface area (Å²) >= 11 is 0. The number of methoxy groups -OCH3 is 1. The number of benzene rings is 4. The van der Waals surface area contributed by atoms with Gasteiger partial charge in [0.1, 0.15) is 23.1 Å². The van der Waals surface area contributed by atoms with Gasteiger partial charge in [0.2, 0.25) is 0 Å². The molecule has 0 atom stereocenters. The summed E-state index contributed by atoms with van der Waals surface area (Å²) in [6.07, 6.45) is 8.41. The van der Waals surface area contributed by atoms with Crippen LogP contribution in [-0.2, 0) is 12.8 Å². The zero-order valence-electron chi connectivity index (χ0n) is 27.9. The van der Waals surface area contributed by atoms with Gasteiger partial charge in [0, 0.05) is 36.1 Å². The highest BCUT2D eigenvalue weighted by Crippen LogP contribution is 2.24. The van der Waals surface area contributed by atoms with E-state index in [4.69, 9.17) is 16.2 Å². The van der Waals surface area contributed by atoms with Crippen molar-refractivity contribution in [1.29, 1.82) is 0 Å². The van der Waals surface area contributed by atoms with E-state index in [0.717, 1.165) is 50.8 Å². The Labute approximate surface area is 310 Å². The Hall–Kier alpha value is -6.03. The summed E-state index contributed by atoms with van der Waals surface area (Å²) in [5.41, 5.74) is 19.2. The third kappa shape index (κ3) is 12.1. The number of phenolic OH excluding ortho intramolecular Hbond substituents is 1. The van der Waals surface area contributed by atoms with E-state index in [0.29, 0.717) is 24.5 Å². The van der Waals surface area contributed by atoms with E-state index in [1.807, 2.05) is 116 Å². The molecular formula is C40H39Cl2N7O2. The summed E-state index contributed by atoms with van der Waals surface area (Å²) in [7, 11) is 1.65. The first-order valence-corrected chi connectivity index (χ1v) is 15.6. The monoisotopic (exact) mass is 719 g/mol. The van der Waals surface area contributed by atoms with Crippen LogP contribution in [0.1, 0.15) is 22.5 Å². The minimum atomic E-state index is 0. The topological polar surface area (TPSA) is 147 Å². The maximum absolute atomic E-state index is 9.34. The minimum absolute atomic E-state index is 0. The zero-order valence-corrected chi connectivity index (χ0v) is 29.5. The molecule has 0 saturated carbocycles. The molecule has 0 fully saturated rings. The highest BCUT2D eigenvalue weighted by molar-refractivity contribution is 5.85. The predicted molar refractivity (Wildman–Crippen MR) is 201 cm³/mol. The summed E-state index contributed by atoms with van der Waals surface area (Å²) in [5, 5.41) is 9.34. The smallest absolute Gasteiger partial charge is 0.166 e. The van der Waals surface area contributed by atoms with Crippen molar-refractivity contribution in [1.82, 2.24) is 19.9 Å². The third-order valence-electron chi connectivity index (χ3n) is 7.34. The number of H-pyrrole nitrogens is 1. The lowest BCUT2D eigenvalue weighted by molar-refractivity contribution is -0.377. The number of aromatic hydroxyl groups is 1. The van der Waals surface area contributed by atoms with Crippen LogP contribution in [0, 0.1) is 0 Å². The molecule has 0 saturated heterocycles. The first-order chi connectivity index (χ1) is 24.0. The molecule has 0 spiro atoms. The van der Waals surface area contributed by atoms with Gasteiger partial charge in [-0.15, -0.1) is 12.4 Å². The van der Waals surface area contributed by atoms with E-state index in [2.05, 4.69) is 37.1 Å². The van der Waals surface area contributed by atoms with Crippen LogP contribution in [0.2, 0.25) is 0 Å². The second kappa shape index (κ2) is 20.5. The second-order valence-electron chi connectivity index (χ2n) is 10.9. The van der Waals surface area contributed by atoms with Gasteiger partial charge in [0.15, 0.2) is 12.4 Å². The lowest BCUT2D eigenvalue weighted by atomic mass is 10.1. The number of hydrogen-bond acceptors (Lipinski definition) is 8. The second-order valence-corrected chi connectivity index (χ2v) is 10.9. The number of aromatic amines is 1. The van der Waals surface area contributed by atoms with Crippen LogP contribution >= 0.6 is 12.4 Å². The van der Waals surface area contributed by atoms with E-state index in [1.165, 1.54) is 0 Å². The molecule has 3 heterocycles. The van der Waals surface area contributed by atoms with Crippen molar-refractivity contribution in [2.45, 2.75) is 12.8 Å². The van der Waals surface area contributed by atoms with Gasteiger partial charge in [0.05, 0.1) is 42.3 Å².